The zero-order valence-electron chi connectivity index (χ0n) is 14.4. The second kappa shape index (κ2) is 8.73. The third-order valence-corrected chi connectivity index (χ3v) is 3.59. The van der Waals surface area contributed by atoms with Gasteiger partial charge in [-0.05, 0) is 48.4 Å². The van der Waals surface area contributed by atoms with E-state index < -0.39 is 0 Å². The first-order valence-corrected chi connectivity index (χ1v) is 7.74. The Morgan fingerprint density at radius 2 is 1.88 bits per heavy atom. The van der Waals surface area contributed by atoms with Crippen molar-refractivity contribution in [3.8, 4) is 11.5 Å². The van der Waals surface area contributed by atoms with Gasteiger partial charge in [-0.1, -0.05) is 18.2 Å². The average Bonchev–Trinajstić information content (AvgIpc) is 2.61. The number of hydrogen-bond acceptors (Lipinski definition) is 3. The minimum atomic E-state index is -0.366. The molecule has 0 aliphatic heterocycles. The van der Waals surface area contributed by atoms with Crippen molar-refractivity contribution < 1.29 is 18.7 Å². The fourth-order valence-electron chi connectivity index (χ4n) is 2.27. The largest absolute Gasteiger partial charge is 0.493 e. The number of benzene rings is 2. The number of carbonyl (C=O) groups excluding carboxylic acids is 1. The molecule has 0 spiro atoms. The van der Waals surface area contributed by atoms with Crippen LogP contribution in [0.2, 0.25) is 0 Å². The highest BCUT2D eigenvalue weighted by atomic mass is 19.1. The maximum atomic E-state index is 13.1. The molecule has 0 bridgehead atoms. The Morgan fingerprint density at radius 3 is 2.56 bits per heavy atom. The molecule has 2 rings (SSSR count). The molecule has 2 aromatic carbocycles. The van der Waals surface area contributed by atoms with E-state index in [4.69, 9.17) is 9.47 Å². The van der Waals surface area contributed by atoms with Gasteiger partial charge in [-0.2, -0.15) is 0 Å². The molecule has 2 N–H and O–H groups in total. The first-order valence-electron chi connectivity index (χ1n) is 7.74. The normalized spacial score (nSPS) is 11.8. The first-order chi connectivity index (χ1) is 12.0. The number of urea groups is 1. The van der Waals surface area contributed by atoms with E-state index in [0.717, 1.165) is 5.56 Å². The van der Waals surface area contributed by atoms with Crippen LogP contribution in [0.4, 0.5) is 9.18 Å². The summed E-state index contributed by atoms with van der Waals surface area (Å²) in [5.41, 5.74) is 1.54. The van der Waals surface area contributed by atoms with E-state index in [1.807, 2.05) is 19.1 Å². The van der Waals surface area contributed by atoms with Crippen LogP contribution in [0.3, 0.4) is 0 Å². The number of halogens is 1. The van der Waals surface area contributed by atoms with E-state index in [-0.39, 0.29) is 17.9 Å². The number of amides is 2. The first kappa shape index (κ1) is 18.3. The summed E-state index contributed by atoms with van der Waals surface area (Å²) >= 11 is 0. The summed E-state index contributed by atoms with van der Waals surface area (Å²) in [6, 6.07) is 10.9. The fraction of sp³-hybridized carbons (Fsp3) is 0.211. The van der Waals surface area contributed by atoms with Gasteiger partial charge in [0.15, 0.2) is 11.5 Å². The summed E-state index contributed by atoms with van der Waals surface area (Å²) in [6.07, 6.45) is 3.08. The van der Waals surface area contributed by atoms with Crippen molar-refractivity contribution in [2.45, 2.75) is 13.0 Å². The lowest BCUT2D eigenvalue weighted by molar-refractivity contribution is 0.241. The molecular formula is C19H21FN2O3. The molecule has 0 aliphatic rings. The number of rotatable bonds is 6. The third-order valence-electron chi connectivity index (χ3n) is 3.59. The highest BCUT2D eigenvalue weighted by Gasteiger charge is 2.12. The van der Waals surface area contributed by atoms with Gasteiger partial charge in [-0.3, -0.25) is 0 Å². The standard InChI is InChI=1S/C19H21FN2O3/c1-13(15-7-8-17(24-2)18(12-15)25-3)22-19(23)21-10-9-14-5-4-6-16(20)11-14/h4-13H,1-3H3,(H2,21,22,23)/b10-9+. The molecule has 1 unspecified atom stereocenters. The second-order valence-electron chi connectivity index (χ2n) is 5.34. The summed E-state index contributed by atoms with van der Waals surface area (Å²) in [4.78, 5) is 12.0. The zero-order valence-corrected chi connectivity index (χ0v) is 14.4. The maximum Gasteiger partial charge on any atom is 0.319 e. The van der Waals surface area contributed by atoms with Gasteiger partial charge < -0.3 is 20.1 Å². The van der Waals surface area contributed by atoms with Crippen molar-refractivity contribution in [2.75, 3.05) is 14.2 Å². The van der Waals surface area contributed by atoms with E-state index in [9.17, 15) is 9.18 Å². The van der Waals surface area contributed by atoms with Crippen molar-refractivity contribution in [1.82, 2.24) is 10.6 Å². The van der Waals surface area contributed by atoms with Crippen molar-refractivity contribution >= 4 is 12.1 Å². The second-order valence-corrected chi connectivity index (χ2v) is 5.34. The van der Waals surface area contributed by atoms with Crippen LogP contribution in [-0.2, 0) is 0 Å². The summed E-state index contributed by atoms with van der Waals surface area (Å²) in [6.45, 7) is 1.86. The van der Waals surface area contributed by atoms with Crippen LogP contribution >= 0.6 is 0 Å². The quantitative estimate of drug-likeness (QED) is 0.836. The van der Waals surface area contributed by atoms with E-state index in [0.29, 0.717) is 17.1 Å². The summed E-state index contributed by atoms with van der Waals surface area (Å²) in [7, 11) is 3.13. The van der Waals surface area contributed by atoms with Crippen LogP contribution in [0.1, 0.15) is 24.1 Å². The molecule has 0 saturated carbocycles. The average molecular weight is 344 g/mol. The van der Waals surface area contributed by atoms with Gasteiger partial charge >= 0.3 is 6.03 Å². The minimum Gasteiger partial charge on any atom is -0.493 e. The SMILES string of the molecule is COc1ccc(C(C)NC(=O)N/C=C/c2cccc(F)c2)cc1OC. The van der Waals surface area contributed by atoms with Gasteiger partial charge in [0, 0.05) is 6.20 Å². The van der Waals surface area contributed by atoms with E-state index in [1.54, 1.807) is 38.5 Å². The van der Waals surface area contributed by atoms with Crippen LogP contribution in [-0.4, -0.2) is 20.3 Å². The number of nitrogens with one attached hydrogen (secondary N) is 2. The van der Waals surface area contributed by atoms with Crippen LogP contribution in [0.5, 0.6) is 11.5 Å². The lowest BCUT2D eigenvalue weighted by Crippen LogP contribution is -2.34. The van der Waals surface area contributed by atoms with E-state index in [1.165, 1.54) is 18.3 Å². The number of methoxy groups -OCH3 is 2. The van der Waals surface area contributed by atoms with Crippen molar-refractivity contribution in [2.24, 2.45) is 0 Å². The van der Waals surface area contributed by atoms with Gasteiger partial charge in [-0.15, -0.1) is 0 Å². The Balaban J connectivity index is 1.93. The number of carbonyl (C=O) groups is 1. The van der Waals surface area contributed by atoms with Crippen molar-refractivity contribution in [3.05, 3.63) is 65.6 Å². The zero-order chi connectivity index (χ0) is 18.2. The Kier molecular flexibility index (Phi) is 6.39. The molecule has 2 aromatic rings. The minimum absolute atomic E-state index is 0.234. The van der Waals surface area contributed by atoms with Gasteiger partial charge in [0.05, 0.1) is 20.3 Å². The van der Waals surface area contributed by atoms with Crippen molar-refractivity contribution in [3.63, 3.8) is 0 Å². The Bertz CT molecular complexity index is 762. The number of hydrogen-bond donors (Lipinski definition) is 2. The fourth-order valence-corrected chi connectivity index (χ4v) is 2.27. The van der Waals surface area contributed by atoms with Crippen LogP contribution in [0.25, 0.3) is 6.08 Å². The monoisotopic (exact) mass is 344 g/mol. The molecule has 132 valence electrons. The Morgan fingerprint density at radius 1 is 1.12 bits per heavy atom. The Labute approximate surface area is 146 Å². The third kappa shape index (κ3) is 5.24. The topological polar surface area (TPSA) is 59.6 Å². The van der Waals surface area contributed by atoms with Crippen molar-refractivity contribution in [1.29, 1.82) is 0 Å². The van der Waals surface area contributed by atoms with E-state index >= 15 is 0 Å². The highest BCUT2D eigenvalue weighted by Crippen LogP contribution is 2.29. The van der Waals surface area contributed by atoms with Crippen LogP contribution in [0.15, 0.2) is 48.7 Å². The van der Waals surface area contributed by atoms with Crippen LogP contribution < -0.4 is 20.1 Å². The lowest BCUT2D eigenvalue weighted by Gasteiger charge is -2.16. The van der Waals surface area contributed by atoms with Gasteiger partial charge in [-0.25, -0.2) is 9.18 Å². The molecule has 0 aromatic heterocycles. The molecule has 5 nitrogen and oxygen atoms in total. The van der Waals surface area contributed by atoms with Gasteiger partial charge in [0.2, 0.25) is 0 Å². The Hall–Kier alpha value is -3.02. The molecule has 0 aliphatic carbocycles. The molecule has 0 saturated heterocycles. The highest BCUT2D eigenvalue weighted by molar-refractivity contribution is 5.76. The summed E-state index contributed by atoms with van der Waals surface area (Å²) < 4.78 is 23.5. The molecule has 0 fully saturated rings. The maximum absolute atomic E-state index is 13.1. The van der Waals surface area contributed by atoms with Crippen LogP contribution in [0, 0.1) is 5.82 Å². The predicted octanol–water partition coefficient (Wildman–Crippen LogP) is 3.87. The van der Waals surface area contributed by atoms with Gasteiger partial charge in [0.1, 0.15) is 5.82 Å². The molecule has 2 amide bonds. The smallest absolute Gasteiger partial charge is 0.319 e. The molecule has 1 atom stereocenters. The predicted molar refractivity (Wildman–Crippen MR) is 95.1 cm³/mol. The molecule has 0 heterocycles. The molecule has 6 heteroatoms. The lowest BCUT2D eigenvalue weighted by atomic mass is 10.1. The number of ether oxygens (including phenoxy) is 2. The summed E-state index contributed by atoms with van der Waals surface area (Å²) in [5.74, 6) is 0.898. The molecule has 0 radical (unpaired) electrons. The van der Waals surface area contributed by atoms with E-state index in [2.05, 4.69) is 10.6 Å². The summed E-state index contributed by atoms with van der Waals surface area (Å²) in [5, 5.41) is 5.40. The molecule has 25 heavy (non-hydrogen) atoms. The van der Waals surface area contributed by atoms with Gasteiger partial charge in [0.25, 0.3) is 0 Å². The molecular weight excluding hydrogens is 323 g/mol.